The molecule has 0 aliphatic rings. The summed E-state index contributed by atoms with van der Waals surface area (Å²) in [6.45, 7) is 7.95. The molecule has 29 heavy (non-hydrogen) atoms. The Morgan fingerprint density at radius 2 is 1.45 bits per heavy atom. The van der Waals surface area contributed by atoms with E-state index in [9.17, 15) is 10.2 Å². The molecule has 1 aromatic rings. The molecule has 0 aliphatic carbocycles. The highest BCUT2D eigenvalue weighted by atomic mass is 28.3. The average molecular weight is 423 g/mol. The van der Waals surface area contributed by atoms with Crippen molar-refractivity contribution < 1.29 is 24.4 Å². The quantitative estimate of drug-likeness (QED) is 0.273. The average Bonchev–Trinajstić information content (AvgIpc) is 2.74. The minimum absolute atomic E-state index is 0.251. The SMILES string of the molecule is CC[Si](C#CC[C@@H](O)COCCOC[C@@H](O)Cc1ccc(OC)cc1)(CC)CC. The number of ether oxygens (including phenoxy) is 3. The molecule has 1 aromatic carbocycles. The molecular weight excluding hydrogens is 384 g/mol. The molecule has 5 nitrogen and oxygen atoms in total. The zero-order valence-corrected chi connectivity index (χ0v) is 19.4. The third-order valence-corrected chi connectivity index (χ3v) is 10.1. The van der Waals surface area contributed by atoms with Gasteiger partial charge in [-0.25, -0.2) is 0 Å². The molecule has 2 N–H and O–H groups in total. The number of aliphatic hydroxyl groups is 2. The standard InChI is InChI=1S/C23H38O5Si/c1-5-29(6-2,7-3)16-8-9-21(24)18-27-14-15-28-19-22(25)17-20-10-12-23(26-4)13-11-20/h10-13,21-22,24-25H,5-7,9,14-15,17-19H2,1-4H3/t21-,22+/m1/s1. The number of hydrogen-bond donors (Lipinski definition) is 2. The van der Waals surface area contributed by atoms with E-state index in [0.717, 1.165) is 11.3 Å². The molecule has 0 bridgehead atoms. The Morgan fingerprint density at radius 1 is 0.897 bits per heavy atom. The Labute approximate surface area is 177 Å². The van der Waals surface area contributed by atoms with Gasteiger partial charge in [0.15, 0.2) is 0 Å². The molecule has 6 heteroatoms. The number of hydrogen-bond acceptors (Lipinski definition) is 5. The first kappa shape index (κ1) is 25.7. The molecule has 0 fully saturated rings. The van der Waals surface area contributed by atoms with Gasteiger partial charge in [0.25, 0.3) is 0 Å². The van der Waals surface area contributed by atoms with Crippen molar-refractivity contribution in [3.8, 4) is 17.2 Å². The Kier molecular flexibility index (Phi) is 12.9. The number of methoxy groups -OCH3 is 1. The molecule has 0 saturated heterocycles. The van der Waals surface area contributed by atoms with Crippen LogP contribution in [0.2, 0.25) is 18.1 Å². The van der Waals surface area contributed by atoms with Gasteiger partial charge in [-0.05, 0) is 35.8 Å². The molecule has 1 rings (SSSR count). The first-order valence-electron chi connectivity index (χ1n) is 10.6. The summed E-state index contributed by atoms with van der Waals surface area (Å²) in [4.78, 5) is 0. The summed E-state index contributed by atoms with van der Waals surface area (Å²) in [6, 6.07) is 11.1. The van der Waals surface area contributed by atoms with Crippen LogP contribution in [0.3, 0.4) is 0 Å². The second-order valence-electron chi connectivity index (χ2n) is 7.36. The van der Waals surface area contributed by atoms with Crippen LogP contribution >= 0.6 is 0 Å². The largest absolute Gasteiger partial charge is 0.497 e. The van der Waals surface area contributed by atoms with Crippen LogP contribution in [-0.4, -0.2) is 64.0 Å². The monoisotopic (exact) mass is 422 g/mol. The Bertz CT molecular complexity index is 596. The summed E-state index contributed by atoms with van der Waals surface area (Å²) in [5.74, 6) is 3.98. The minimum atomic E-state index is -1.44. The van der Waals surface area contributed by atoms with Crippen LogP contribution in [0.4, 0.5) is 0 Å². The van der Waals surface area contributed by atoms with Gasteiger partial charge in [-0.1, -0.05) is 32.9 Å². The molecule has 0 aliphatic heterocycles. The van der Waals surface area contributed by atoms with Gasteiger partial charge >= 0.3 is 0 Å². The third-order valence-electron chi connectivity index (χ3n) is 5.34. The smallest absolute Gasteiger partial charge is 0.137 e. The van der Waals surface area contributed by atoms with Crippen molar-refractivity contribution in [1.29, 1.82) is 0 Å². The highest BCUT2D eigenvalue weighted by molar-refractivity contribution is 6.87. The van der Waals surface area contributed by atoms with E-state index in [1.165, 1.54) is 18.1 Å². The zero-order chi connectivity index (χ0) is 21.5. The first-order chi connectivity index (χ1) is 14.0. The Morgan fingerprint density at radius 3 is 1.97 bits per heavy atom. The maximum absolute atomic E-state index is 10.0. The summed E-state index contributed by atoms with van der Waals surface area (Å²) in [5, 5.41) is 20.1. The molecule has 0 saturated carbocycles. The van der Waals surface area contributed by atoms with Crippen molar-refractivity contribution in [3.63, 3.8) is 0 Å². The van der Waals surface area contributed by atoms with Crippen LogP contribution in [0.1, 0.15) is 32.8 Å². The fourth-order valence-electron chi connectivity index (χ4n) is 3.08. The van der Waals surface area contributed by atoms with Crippen molar-refractivity contribution in [3.05, 3.63) is 29.8 Å². The van der Waals surface area contributed by atoms with Crippen LogP contribution in [0.25, 0.3) is 0 Å². The molecule has 0 spiro atoms. The summed E-state index contributed by atoms with van der Waals surface area (Å²) >= 11 is 0. The van der Waals surface area contributed by atoms with Crippen molar-refractivity contribution >= 4 is 8.07 Å². The van der Waals surface area contributed by atoms with E-state index >= 15 is 0 Å². The molecular formula is C23H38O5Si. The fourth-order valence-corrected chi connectivity index (χ4v) is 5.59. The van der Waals surface area contributed by atoms with E-state index in [2.05, 4.69) is 32.2 Å². The van der Waals surface area contributed by atoms with Gasteiger partial charge in [0.05, 0.1) is 45.7 Å². The second kappa shape index (κ2) is 14.6. The summed E-state index contributed by atoms with van der Waals surface area (Å²) in [5.41, 5.74) is 4.51. The van der Waals surface area contributed by atoms with Gasteiger partial charge < -0.3 is 24.4 Å². The molecule has 164 valence electrons. The molecule has 0 heterocycles. The summed E-state index contributed by atoms with van der Waals surface area (Å²) in [7, 11) is 0.188. The zero-order valence-electron chi connectivity index (χ0n) is 18.4. The van der Waals surface area contributed by atoms with Crippen molar-refractivity contribution in [2.75, 3.05) is 33.5 Å². The maximum atomic E-state index is 10.0. The minimum Gasteiger partial charge on any atom is -0.497 e. The van der Waals surface area contributed by atoms with Gasteiger partial charge in [-0.15, -0.1) is 11.5 Å². The third kappa shape index (κ3) is 10.3. The Balaban J connectivity index is 2.14. The van der Waals surface area contributed by atoms with Crippen LogP contribution in [-0.2, 0) is 15.9 Å². The van der Waals surface area contributed by atoms with Gasteiger partial charge in [0, 0.05) is 12.8 Å². The van der Waals surface area contributed by atoms with Gasteiger partial charge in [0.2, 0.25) is 0 Å². The molecule has 0 radical (unpaired) electrons. The number of rotatable bonds is 14. The van der Waals surface area contributed by atoms with Gasteiger partial charge in [-0.3, -0.25) is 0 Å². The first-order valence-corrected chi connectivity index (χ1v) is 13.2. The predicted octanol–water partition coefficient (Wildman–Crippen LogP) is 3.43. The van der Waals surface area contributed by atoms with Crippen LogP contribution in [0.15, 0.2) is 24.3 Å². The number of benzene rings is 1. The lowest BCUT2D eigenvalue weighted by Gasteiger charge is -2.20. The maximum Gasteiger partial charge on any atom is 0.137 e. The van der Waals surface area contributed by atoms with Crippen molar-refractivity contribution in [1.82, 2.24) is 0 Å². The highest BCUT2D eigenvalue weighted by Crippen LogP contribution is 2.18. The summed E-state index contributed by atoms with van der Waals surface area (Å²) in [6.07, 6.45) is -0.152. The summed E-state index contributed by atoms with van der Waals surface area (Å²) < 4.78 is 16.0. The molecule has 2 atom stereocenters. The topological polar surface area (TPSA) is 68.2 Å². The van der Waals surface area contributed by atoms with E-state index in [-0.39, 0.29) is 13.2 Å². The molecule has 0 amide bonds. The lowest BCUT2D eigenvalue weighted by Crippen LogP contribution is -2.29. The van der Waals surface area contributed by atoms with Crippen molar-refractivity contribution in [2.45, 2.75) is 64.0 Å². The lowest BCUT2D eigenvalue weighted by atomic mass is 10.1. The van der Waals surface area contributed by atoms with E-state index in [1.54, 1.807) is 7.11 Å². The van der Waals surface area contributed by atoms with E-state index < -0.39 is 20.3 Å². The van der Waals surface area contributed by atoms with Crippen molar-refractivity contribution in [2.24, 2.45) is 0 Å². The highest BCUT2D eigenvalue weighted by Gasteiger charge is 2.24. The molecule has 0 unspecified atom stereocenters. The van der Waals surface area contributed by atoms with Crippen LogP contribution < -0.4 is 4.74 Å². The van der Waals surface area contributed by atoms with Gasteiger partial charge in [-0.2, -0.15) is 0 Å². The van der Waals surface area contributed by atoms with E-state index in [1.807, 2.05) is 24.3 Å². The fraction of sp³-hybridized carbons (Fsp3) is 0.652. The second-order valence-corrected chi connectivity index (χ2v) is 12.3. The molecule has 0 aromatic heterocycles. The Hall–Kier alpha value is -1.36. The number of aliphatic hydroxyl groups excluding tert-OH is 2. The van der Waals surface area contributed by atoms with E-state index in [0.29, 0.717) is 26.1 Å². The van der Waals surface area contributed by atoms with Crippen LogP contribution in [0.5, 0.6) is 5.75 Å². The lowest BCUT2D eigenvalue weighted by molar-refractivity contribution is -0.0156. The van der Waals surface area contributed by atoms with Crippen LogP contribution in [0, 0.1) is 11.5 Å². The van der Waals surface area contributed by atoms with E-state index in [4.69, 9.17) is 14.2 Å². The van der Waals surface area contributed by atoms with Gasteiger partial charge in [0.1, 0.15) is 13.8 Å². The normalized spacial score (nSPS) is 13.4. The predicted molar refractivity (Wildman–Crippen MR) is 120 cm³/mol.